The number of benzene rings is 1. The van der Waals surface area contributed by atoms with Crippen molar-refractivity contribution in [1.82, 2.24) is 4.90 Å². The molecule has 1 aliphatic heterocycles. The van der Waals surface area contributed by atoms with Gasteiger partial charge in [-0.1, -0.05) is 30.3 Å². The van der Waals surface area contributed by atoms with Gasteiger partial charge in [0.1, 0.15) is 0 Å². The third-order valence-corrected chi connectivity index (χ3v) is 4.17. The van der Waals surface area contributed by atoms with Gasteiger partial charge in [0.05, 0.1) is 0 Å². The first-order valence-corrected chi connectivity index (χ1v) is 7.84. The molecule has 3 atom stereocenters. The SMILES string of the molecule is CCOC(C(=O)N1CCCC(C(C)N)C1)c1ccccc1. The van der Waals surface area contributed by atoms with Crippen molar-refractivity contribution in [2.24, 2.45) is 11.7 Å². The maximum absolute atomic E-state index is 12.8. The fourth-order valence-corrected chi connectivity index (χ4v) is 2.91. The van der Waals surface area contributed by atoms with Crippen molar-refractivity contribution in [3.63, 3.8) is 0 Å². The monoisotopic (exact) mass is 290 g/mol. The van der Waals surface area contributed by atoms with Crippen molar-refractivity contribution >= 4 is 5.91 Å². The standard InChI is InChI=1S/C17H26N2O2/c1-3-21-16(14-8-5-4-6-9-14)17(20)19-11-7-10-15(12-19)13(2)18/h4-6,8-9,13,15-16H,3,7,10-12,18H2,1-2H3. The van der Waals surface area contributed by atoms with Gasteiger partial charge in [-0.25, -0.2) is 0 Å². The first-order valence-electron chi connectivity index (χ1n) is 7.84. The van der Waals surface area contributed by atoms with E-state index in [9.17, 15) is 4.79 Å². The summed E-state index contributed by atoms with van der Waals surface area (Å²) in [6.45, 7) is 6.02. The summed E-state index contributed by atoms with van der Waals surface area (Å²) in [4.78, 5) is 14.7. The van der Waals surface area contributed by atoms with Crippen LogP contribution in [0.1, 0.15) is 38.4 Å². The summed E-state index contributed by atoms with van der Waals surface area (Å²) < 4.78 is 5.72. The van der Waals surface area contributed by atoms with Crippen LogP contribution in [0, 0.1) is 5.92 Å². The normalized spacial score (nSPS) is 21.9. The predicted octanol–water partition coefficient (Wildman–Crippen LogP) is 2.35. The Morgan fingerprint density at radius 1 is 1.43 bits per heavy atom. The lowest BCUT2D eigenvalue weighted by Gasteiger charge is -2.36. The Kier molecular flexibility index (Phi) is 5.76. The number of carbonyl (C=O) groups excluding carboxylic acids is 1. The molecule has 1 amide bonds. The summed E-state index contributed by atoms with van der Waals surface area (Å²) in [7, 11) is 0. The van der Waals surface area contributed by atoms with E-state index in [1.54, 1.807) is 0 Å². The van der Waals surface area contributed by atoms with E-state index in [4.69, 9.17) is 10.5 Å². The van der Waals surface area contributed by atoms with Crippen LogP contribution >= 0.6 is 0 Å². The fraction of sp³-hybridized carbons (Fsp3) is 0.588. The van der Waals surface area contributed by atoms with Gasteiger partial charge in [0.15, 0.2) is 6.10 Å². The first kappa shape index (κ1) is 16.0. The number of nitrogens with zero attached hydrogens (tertiary/aromatic N) is 1. The molecule has 1 heterocycles. The average molecular weight is 290 g/mol. The number of amides is 1. The van der Waals surface area contributed by atoms with E-state index >= 15 is 0 Å². The van der Waals surface area contributed by atoms with Gasteiger partial charge in [-0.05, 0) is 38.2 Å². The van der Waals surface area contributed by atoms with E-state index in [1.165, 1.54) is 0 Å². The Bertz CT molecular complexity index is 447. The lowest BCUT2D eigenvalue weighted by molar-refractivity contribution is -0.146. The maximum atomic E-state index is 12.8. The molecule has 116 valence electrons. The second-order valence-corrected chi connectivity index (χ2v) is 5.79. The Hall–Kier alpha value is -1.39. The lowest BCUT2D eigenvalue weighted by Crippen LogP contribution is -2.46. The minimum atomic E-state index is -0.497. The van der Waals surface area contributed by atoms with E-state index in [1.807, 2.05) is 49.1 Å². The summed E-state index contributed by atoms with van der Waals surface area (Å²) in [6.07, 6.45) is 1.63. The molecule has 0 spiro atoms. The number of rotatable bonds is 5. The molecule has 2 N–H and O–H groups in total. The van der Waals surface area contributed by atoms with Gasteiger partial charge in [-0.2, -0.15) is 0 Å². The topological polar surface area (TPSA) is 55.6 Å². The molecule has 1 aromatic carbocycles. The van der Waals surface area contributed by atoms with Crippen molar-refractivity contribution in [3.8, 4) is 0 Å². The van der Waals surface area contributed by atoms with Crippen molar-refractivity contribution in [2.45, 2.75) is 38.8 Å². The number of nitrogens with two attached hydrogens (primary N) is 1. The number of piperidine rings is 1. The minimum absolute atomic E-state index is 0.0633. The van der Waals surface area contributed by atoms with Crippen molar-refractivity contribution in [3.05, 3.63) is 35.9 Å². The van der Waals surface area contributed by atoms with Crippen LogP contribution in [-0.2, 0) is 9.53 Å². The van der Waals surface area contributed by atoms with Crippen LogP contribution in [0.4, 0.5) is 0 Å². The molecular weight excluding hydrogens is 264 g/mol. The maximum Gasteiger partial charge on any atom is 0.256 e. The number of ether oxygens (including phenoxy) is 1. The molecule has 0 bridgehead atoms. The Balaban J connectivity index is 2.11. The molecule has 1 fully saturated rings. The molecule has 0 saturated carbocycles. The lowest BCUT2D eigenvalue weighted by atomic mass is 9.91. The van der Waals surface area contributed by atoms with E-state index < -0.39 is 6.10 Å². The van der Waals surface area contributed by atoms with Crippen LogP contribution in [0.15, 0.2) is 30.3 Å². The van der Waals surface area contributed by atoms with Crippen molar-refractivity contribution < 1.29 is 9.53 Å². The van der Waals surface area contributed by atoms with Crippen molar-refractivity contribution in [1.29, 1.82) is 0 Å². The van der Waals surface area contributed by atoms with E-state index in [2.05, 4.69) is 0 Å². The quantitative estimate of drug-likeness (QED) is 0.905. The molecule has 3 unspecified atom stereocenters. The highest BCUT2D eigenvalue weighted by atomic mass is 16.5. The highest BCUT2D eigenvalue weighted by Gasteiger charge is 2.31. The van der Waals surface area contributed by atoms with E-state index in [0.29, 0.717) is 12.5 Å². The Morgan fingerprint density at radius 3 is 2.76 bits per heavy atom. The van der Waals surface area contributed by atoms with E-state index in [-0.39, 0.29) is 11.9 Å². The first-order chi connectivity index (χ1) is 10.1. The number of likely N-dealkylation sites (tertiary alicyclic amines) is 1. The zero-order valence-corrected chi connectivity index (χ0v) is 13.0. The molecule has 0 aliphatic carbocycles. The van der Waals surface area contributed by atoms with Gasteiger partial charge in [-0.15, -0.1) is 0 Å². The van der Waals surface area contributed by atoms with Gasteiger partial charge >= 0.3 is 0 Å². The molecule has 21 heavy (non-hydrogen) atoms. The Labute approximate surface area is 127 Å². The average Bonchev–Trinajstić information content (AvgIpc) is 2.53. The van der Waals surface area contributed by atoms with Crippen molar-refractivity contribution in [2.75, 3.05) is 19.7 Å². The summed E-state index contributed by atoms with van der Waals surface area (Å²) in [5.41, 5.74) is 6.93. The second-order valence-electron chi connectivity index (χ2n) is 5.79. The molecular formula is C17H26N2O2. The fourth-order valence-electron chi connectivity index (χ4n) is 2.91. The van der Waals surface area contributed by atoms with Crippen LogP contribution in [0.2, 0.25) is 0 Å². The summed E-state index contributed by atoms with van der Waals surface area (Å²) in [5, 5.41) is 0. The van der Waals surface area contributed by atoms with Crippen LogP contribution in [0.5, 0.6) is 0 Å². The van der Waals surface area contributed by atoms with Crippen LogP contribution < -0.4 is 5.73 Å². The van der Waals surface area contributed by atoms with E-state index in [0.717, 1.165) is 31.5 Å². The molecule has 0 radical (unpaired) electrons. The van der Waals surface area contributed by atoms with Crippen LogP contribution in [0.25, 0.3) is 0 Å². The summed E-state index contributed by atoms with van der Waals surface area (Å²) >= 11 is 0. The molecule has 2 rings (SSSR count). The van der Waals surface area contributed by atoms with Gasteiger partial charge in [0.25, 0.3) is 5.91 Å². The molecule has 1 saturated heterocycles. The van der Waals surface area contributed by atoms with Crippen LogP contribution in [0.3, 0.4) is 0 Å². The smallest absolute Gasteiger partial charge is 0.256 e. The third kappa shape index (κ3) is 4.05. The molecule has 4 nitrogen and oxygen atoms in total. The van der Waals surface area contributed by atoms with Gasteiger partial charge in [0.2, 0.25) is 0 Å². The molecule has 1 aliphatic rings. The van der Waals surface area contributed by atoms with Gasteiger partial charge in [-0.3, -0.25) is 4.79 Å². The molecule has 0 aromatic heterocycles. The summed E-state index contributed by atoms with van der Waals surface area (Å²) in [6, 6.07) is 9.86. The summed E-state index contributed by atoms with van der Waals surface area (Å²) in [5.74, 6) is 0.453. The highest BCUT2D eigenvalue weighted by Crippen LogP contribution is 2.25. The molecule has 4 heteroatoms. The highest BCUT2D eigenvalue weighted by molar-refractivity contribution is 5.82. The second kappa shape index (κ2) is 7.57. The van der Waals surface area contributed by atoms with Gasteiger partial charge in [0, 0.05) is 25.7 Å². The Morgan fingerprint density at radius 2 is 2.14 bits per heavy atom. The zero-order valence-electron chi connectivity index (χ0n) is 13.0. The van der Waals surface area contributed by atoms with Crippen LogP contribution in [-0.4, -0.2) is 36.5 Å². The number of hydrogen-bond acceptors (Lipinski definition) is 3. The van der Waals surface area contributed by atoms with Gasteiger partial charge < -0.3 is 15.4 Å². The molecule has 1 aromatic rings. The number of carbonyl (C=O) groups is 1. The minimum Gasteiger partial charge on any atom is -0.364 e. The number of hydrogen-bond donors (Lipinski definition) is 1. The largest absolute Gasteiger partial charge is 0.364 e. The predicted molar refractivity (Wildman–Crippen MR) is 83.8 cm³/mol. The third-order valence-electron chi connectivity index (χ3n) is 4.17. The zero-order chi connectivity index (χ0) is 15.2.